The Morgan fingerprint density at radius 1 is 1.42 bits per heavy atom. The molecule has 0 saturated heterocycles. The standard InChI is InChI=1S/C18H17N5O2S/c1-11-7-8-13-15(16(11)26)23(10-25-13)22-18(24)17-19-14(20-21-17)9-12-5-3-2-4-6-12/h2-8,11H,9-10H2,1H3,(H,22,24)(H,19,20,21)/t11-/m1/s1. The first kappa shape index (κ1) is 16.5. The Labute approximate surface area is 155 Å². The van der Waals surface area contributed by atoms with Gasteiger partial charge in [-0.1, -0.05) is 55.5 Å². The van der Waals surface area contributed by atoms with Gasteiger partial charge < -0.3 is 4.74 Å². The number of ether oxygens (including phenoxy) is 1. The van der Waals surface area contributed by atoms with Crippen molar-refractivity contribution in [2.75, 3.05) is 6.73 Å². The molecule has 0 unspecified atom stereocenters. The lowest BCUT2D eigenvalue weighted by molar-refractivity contribution is 0.0719. The highest BCUT2D eigenvalue weighted by Gasteiger charge is 2.32. The Bertz CT molecular complexity index is 919. The highest BCUT2D eigenvalue weighted by molar-refractivity contribution is 7.80. The minimum atomic E-state index is -0.414. The van der Waals surface area contributed by atoms with Gasteiger partial charge in [0.05, 0.1) is 4.86 Å². The van der Waals surface area contributed by atoms with E-state index in [1.165, 1.54) is 0 Å². The molecular weight excluding hydrogens is 350 g/mol. The van der Waals surface area contributed by atoms with E-state index in [4.69, 9.17) is 17.0 Å². The number of rotatable bonds is 4. The summed E-state index contributed by atoms with van der Waals surface area (Å²) in [6, 6.07) is 9.86. The van der Waals surface area contributed by atoms with E-state index in [0.29, 0.717) is 18.0 Å². The molecule has 2 heterocycles. The summed E-state index contributed by atoms with van der Waals surface area (Å²) in [5.41, 5.74) is 4.58. The van der Waals surface area contributed by atoms with Crippen LogP contribution in [0.1, 0.15) is 28.9 Å². The second-order valence-corrected chi connectivity index (χ2v) is 6.58. The zero-order chi connectivity index (χ0) is 18.1. The highest BCUT2D eigenvalue weighted by Crippen LogP contribution is 2.29. The molecule has 1 aromatic carbocycles. The first-order valence-electron chi connectivity index (χ1n) is 8.25. The molecule has 0 fully saturated rings. The van der Waals surface area contributed by atoms with Gasteiger partial charge in [0.1, 0.15) is 17.3 Å². The van der Waals surface area contributed by atoms with Gasteiger partial charge in [0.2, 0.25) is 5.82 Å². The van der Waals surface area contributed by atoms with E-state index in [0.717, 1.165) is 16.1 Å². The molecule has 1 aromatic heterocycles. The first-order valence-corrected chi connectivity index (χ1v) is 8.66. The van der Waals surface area contributed by atoms with Crippen molar-refractivity contribution in [2.45, 2.75) is 13.3 Å². The fraction of sp³-hybridized carbons (Fsp3) is 0.222. The highest BCUT2D eigenvalue weighted by atomic mass is 32.1. The third-order valence-electron chi connectivity index (χ3n) is 4.22. The number of hydrogen-bond donors (Lipinski definition) is 2. The maximum atomic E-state index is 12.5. The van der Waals surface area contributed by atoms with E-state index in [9.17, 15) is 4.79 Å². The van der Waals surface area contributed by atoms with Crippen LogP contribution in [0.25, 0.3) is 0 Å². The van der Waals surface area contributed by atoms with Gasteiger partial charge in [-0.2, -0.15) is 0 Å². The third-order valence-corrected chi connectivity index (χ3v) is 4.79. The topological polar surface area (TPSA) is 83.1 Å². The van der Waals surface area contributed by atoms with E-state index in [2.05, 4.69) is 20.6 Å². The molecule has 0 saturated carbocycles. The van der Waals surface area contributed by atoms with Crippen molar-refractivity contribution in [2.24, 2.45) is 5.92 Å². The number of nitrogens with zero attached hydrogens (tertiary/aromatic N) is 3. The van der Waals surface area contributed by atoms with E-state index >= 15 is 0 Å². The molecule has 7 nitrogen and oxygen atoms in total. The molecule has 26 heavy (non-hydrogen) atoms. The normalized spacial score (nSPS) is 18.7. The van der Waals surface area contributed by atoms with E-state index in [1.54, 1.807) is 5.01 Å². The summed E-state index contributed by atoms with van der Waals surface area (Å²) in [7, 11) is 0. The van der Waals surface area contributed by atoms with Gasteiger partial charge in [0.25, 0.3) is 0 Å². The van der Waals surface area contributed by atoms with Crippen molar-refractivity contribution in [3.63, 3.8) is 0 Å². The van der Waals surface area contributed by atoms with Crippen molar-refractivity contribution >= 4 is 23.0 Å². The molecule has 4 rings (SSSR count). The summed E-state index contributed by atoms with van der Waals surface area (Å²) >= 11 is 5.47. The predicted molar refractivity (Wildman–Crippen MR) is 98.8 cm³/mol. The SMILES string of the molecule is C[C@@H]1C=CC2=C(C1=S)N(NC(=O)c1n[nH]c(Cc3ccccc3)n1)CO2. The van der Waals surface area contributed by atoms with Crippen LogP contribution in [0.5, 0.6) is 0 Å². The smallest absolute Gasteiger partial charge is 0.309 e. The monoisotopic (exact) mass is 367 g/mol. The van der Waals surface area contributed by atoms with Crippen LogP contribution in [0.4, 0.5) is 0 Å². The molecule has 132 valence electrons. The van der Waals surface area contributed by atoms with Gasteiger partial charge in [0.15, 0.2) is 6.73 Å². The Morgan fingerprint density at radius 3 is 3.04 bits per heavy atom. The van der Waals surface area contributed by atoms with Crippen molar-refractivity contribution in [3.05, 3.63) is 71.2 Å². The fourth-order valence-electron chi connectivity index (χ4n) is 2.84. The maximum absolute atomic E-state index is 12.5. The molecule has 0 bridgehead atoms. The number of allylic oxidation sites excluding steroid dienone is 3. The quantitative estimate of drug-likeness (QED) is 0.806. The molecule has 2 aromatic rings. The number of thiocarbonyl (C=S) groups is 1. The van der Waals surface area contributed by atoms with Crippen LogP contribution in [-0.4, -0.2) is 37.7 Å². The molecule has 0 radical (unpaired) electrons. The summed E-state index contributed by atoms with van der Waals surface area (Å²) in [4.78, 5) is 17.5. The Morgan fingerprint density at radius 2 is 2.23 bits per heavy atom. The summed E-state index contributed by atoms with van der Waals surface area (Å²) in [5, 5.41) is 8.43. The summed E-state index contributed by atoms with van der Waals surface area (Å²) in [5.74, 6) is 1.08. The van der Waals surface area contributed by atoms with Crippen LogP contribution in [0.3, 0.4) is 0 Å². The number of benzene rings is 1. The second-order valence-electron chi connectivity index (χ2n) is 6.14. The van der Waals surface area contributed by atoms with Gasteiger partial charge in [-0.15, -0.1) is 5.10 Å². The number of nitrogens with one attached hydrogen (secondary N) is 2. The molecule has 0 spiro atoms. The van der Waals surface area contributed by atoms with Gasteiger partial charge in [-0.05, 0) is 11.6 Å². The van der Waals surface area contributed by atoms with E-state index < -0.39 is 5.91 Å². The van der Waals surface area contributed by atoms with Crippen LogP contribution in [-0.2, 0) is 11.2 Å². The fourth-order valence-corrected chi connectivity index (χ4v) is 3.13. The number of carbonyl (C=O) groups is 1. The second kappa shape index (κ2) is 6.72. The Hall–Kier alpha value is -3.00. The van der Waals surface area contributed by atoms with Gasteiger partial charge in [-0.3, -0.25) is 15.3 Å². The summed E-state index contributed by atoms with van der Waals surface area (Å²) in [6.07, 6.45) is 4.44. The first-order chi connectivity index (χ1) is 12.6. The summed E-state index contributed by atoms with van der Waals surface area (Å²) < 4.78 is 5.58. The number of H-pyrrole nitrogens is 1. The van der Waals surface area contributed by atoms with E-state index in [1.807, 2.05) is 49.4 Å². The lowest BCUT2D eigenvalue weighted by Gasteiger charge is -2.23. The van der Waals surface area contributed by atoms with Crippen LogP contribution >= 0.6 is 12.2 Å². The Kier molecular flexibility index (Phi) is 4.26. The van der Waals surface area contributed by atoms with Gasteiger partial charge in [0, 0.05) is 12.3 Å². The Balaban J connectivity index is 1.45. The molecule has 1 amide bonds. The molecule has 2 N–H and O–H groups in total. The zero-order valence-electron chi connectivity index (χ0n) is 14.1. The number of hydrazine groups is 1. The number of aromatic nitrogens is 3. The number of hydrogen-bond acceptors (Lipinski definition) is 6. The molecule has 2 aliphatic rings. The minimum Gasteiger partial charge on any atom is -0.469 e. The minimum absolute atomic E-state index is 0.0790. The largest absolute Gasteiger partial charge is 0.469 e. The van der Waals surface area contributed by atoms with Crippen LogP contribution in [0.2, 0.25) is 0 Å². The third kappa shape index (κ3) is 3.11. The number of amides is 1. The van der Waals surface area contributed by atoms with Crippen LogP contribution in [0, 0.1) is 5.92 Å². The van der Waals surface area contributed by atoms with Crippen LogP contribution < -0.4 is 5.43 Å². The van der Waals surface area contributed by atoms with Crippen LogP contribution in [0.15, 0.2) is 53.9 Å². The molecule has 8 heteroatoms. The molecule has 1 aliphatic heterocycles. The number of aromatic amines is 1. The van der Waals surface area contributed by atoms with E-state index in [-0.39, 0.29) is 18.5 Å². The lowest BCUT2D eigenvalue weighted by atomic mass is 9.99. The molecule has 1 atom stereocenters. The van der Waals surface area contributed by atoms with Crippen molar-refractivity contribution in [1.29, 1.82) is 0 Å². The van der Waals surface area contributed by atoms with Gasteiger partial charge in [-0.25, -0.2) is 9.99 Å². The molecular formula is C18H17N5O2S. The van der Waals surface area contributed by atoms with Crippen molar-refractivity contribution < 1.29 is 9.53 Å². The summed E-state index contributed by atoms with van der Waals surface area (Å²) in [6.45, 7) is 2.21. The average molecular weight is 367 g/mol. The van der Waals surface area contributed by atoms with Gasteiger partial charge >= 0.3 is 5.91 Å². The predicted octanol–water partition coefficient (Wildman–Crippen LogP) is 2.12. The zero-order valence-corrected chi connectivity index (χ0v) is 14.9. The van der Waals surface area contributed by atoms with Crippen molar-refractivity contribution in [1.82, 2.24) is 25.6 Å². The average Bonchev–Trinajstić information content (AvgIpc) is 3.27. The molecule has 1 aliphatic carbocycles. The lowest BCUT2D eigenvalue weighted by Crippen LogP contribution is -2.43. The number of carbonyl (C=O) groups excluding carboxylic acids is 1. The van der Waals surface area contributed by atoms with Crippen molar-refractivity contribution in [3.8, 4) is 0 Å². The maximum Gasteiger partial charge on any atom is 0.309 e.